The third-order valence-corrected chi connectivity index (χ3v) is 3.73. The molecule has 1 aliphatic rings. The average molecular weight is 263 g/mol. The molecule has 0 aliphatic heterocycles. The van der Waals surface area contributed by atoms with Crippen LogP contribution in [0.15, 0.2) is 0 Å². The highest BCUT2D eigenvalue weighted by Crippen LogP contribution is 2.38. The summed E-state index contributed by atoms with van der Waals surface area (Å²) in [5, 5.41) is 8.91. The first-order valence-corrected chi connectivity index (χ1v) is 6.59. The zero-order chi connectivity index (χ0) is 13.6. The Kier molecular flexibility index (Phi) is 6.15. The Morgan fingerprint density at radius 1 is 1.56 bits per heavy atom. The number of halogens is 2. The second-order valence-corrected chi connectivity index (χ2v) is 5.53. The quantitative estimate of drug-likeness (QED) is 0.714. The van der Waals surface area contributed by atoms with Crippen LogP contribution in [-0.4, -0.2) is 49.0 Å². The summed E-state index contributed by atoms with van der Waals surface area (Å²) < 4.78 is 24.9. The van der Waals surface area contributed by atoms with E-state index < -0.39 is 11.8 Å². The summed E-state index contributed by atoms with van der Waals surface area (Å²) in [5.41, 5.74) is -0.498. The van der Waals surface area contributed by atoms with Gasteiger partial charge in [-0.25, -0.2) is 8.78 Å². The number of carbonyl (C=O) groups is 1. The van der Waals surface area contributed by atoms with Gasteiger partial charge in [0.25, 0.3) is 6.43 Å². The first-order chi connectivity index (χ1) is 8.51. The molecule has 3 nitrogen and oxygen atoms in total. The van der Waals surface area contributed by atoms with Crippen LogP contribution in [0.3, 0.4) is 0 Å². The van der Waals surface area contributed by atoms with E-state index in [-0.39, 0.29) is 19.7 Å². The Morgan fingerprint density at radius 3 is 2.78 bits per heavy atom. The monoisotopic (exact) mass is 263 g/mol. The number of aliphatic hydroxyl groups excluding tert-OH is 1. The lowest BCUT2D eigenvalue weighted by atomic mass is 9.70. The van der Waals surface area contributed by atoms with Crippen molar-refractivity contribution in [1.82, 2.24) is 4.90 Å². The molecule has 0 bridgehead atoms. The molecule has 1 rings (SSSR count). The second kappa shape index (κ2) is 7.14. The maximum absolute atomic E-state index is 12.5. The number of hydrogen-bond donors (Lipinski definition) is 1. The summed E-state index contributed by atoms with van der Waals surface area (Å²) >= 11 is 0. The highest BCUT2D eigenvalue weighted by molar-refractivity contribution is 5.60. The number of hydrogen-bond acceptors (Lipinski definition) is 3. The lowest BCUT2D eigenvalue weighted by Crippen LogP contribution is -2.44. The van der Waals surface area contributed by atoms with Gasteiger partial charge in [0, 0.05) is 18.5 Å². The van der Waals surface area contributed by atoms with Gasteiger partial charge in [-0.15, -0.1) is 0 Å². The van der Waals surface area contributed by atoms with E-state index >= 15 is 0 Å². The van der Waals surface area contributed by atoms with Crippen molar-refractivity contribution in [2.45, 2.75) is 39.0 Å². The molecule has 0 amide bonds. The van der Waals surface area contributed by atoms with E-state index in [2.05, 4.69) is 6.92 Å². The van der Waals surface area contributed by atoms with Crippen molar-refractivity contribution in [2.24, 2.45) is 11.3 Å². The molecule has 2 unspecified atom stereocenters. The highest BCUT2D eigenvalue weighted by Gasteiger charge is 2.36. The molecule has 0 aromatic carbocycles. The number of nitrogens with zero attached hydrogens (tertiary/aromatic N) is 1. The third kappa shape index (κ3) is 4.61. The number of aldehydes is 1. The minimum Gasteiger partial charge on any atom is -0.395 e. The summed E-state index contributed by atoms with van der Waals surface area (Å²) in [6, 6.07) is 0. The van der Waals surface area contributed by atoms with Crippen LogP contribution in [0.25, 0.3) is 0 Å². The van der Waals surface area contributed by atoms with Crippen LogP contribution in [-0.2, 0) is 4.79 Å². The van der Waals surface area contributed by atoms with Crippen LogP contribution < -0.4 is 0 Å². The molecular formula is C13H23F2NO2. The van der Waals surface area contributed by atoms with E-state index in [1.807, 2.05) is 0 Å². The largest absolute Gasteiger partial charge is 0.395 e. The Balaban J connectivity index is 2.65. The predicted octanol–water partition coefficient (Wildman–Crippen LogP) is 1.94. The lowest BCUT2D eigenvalue weighted by Gasteiger charge is -2.39. The fourth-order valence-corrected chi connectivity index (χ4v) is 3.01. The van der Waals surface area contributed by atoms with Gasteiger partial charge in [-0.2, -0.15) is 0 Å². The van der Waals surface area contributed by atoms with Gasteiger partial charge in [-0.05, 0) is 18.8 Å². The summed E-state index contributed by atoms with van der Waals surface area (Å²) in [4.78, 5) is 12.9. The van der Waals surface area contributed by atoms with Gasteiger partial charge in [0.15, 0.2) is 0 Å². The van der Waals surface area contributed by atoms with Crippen molar-refractivity contribution in [2.75, 3.05) is 26.2 Å². The van der Waals surface area contributed by atoms with Crippen molar-refractivity contribution in [3.63, 3.8) is 0 Å². The standard InChI is InChI=1S/C13H23F2NO2/c1-11-3-2-4-13(7-11,10-18)9-16(5-6-17)8-12(14)15/h10-12,17H,2-9H2,1H3. The molecule has 1 aliphatic carbocycles. The minimum absolute atomic E-state index is 0.156. The molecule has 0 aromatic heterocycles. The fraction of sp³-hybridized carbons (Fsp3) is 0.923. The Bertz CT molecular complexity index is 263. The fourth-order valence-electron chi connectivity index (χ4n) is 3.01. The molecule has 0 radical (unpaired) electrons. The van der Waals surface area contributed by atoms with E-state index in [9.17, 15) is 13.6 Å². The average Bonchev–Trinajstić information content (AvgIpc) is 2.28. The molecule has 106 valence electrons. The maximum Gasteiger partial charge on any atom is 0.251 e. The SMILES string of the molecule is CC1CCCC(C=O)(CN(CCO)CC(F)F)C1. The van der Waals surface area contributed by atoms with E-state index in [1.165, 1.54) is 4.90 Å². The molecule has 5 heteroatoms. The van der Waals surface area contributed by atoms with Crippen molar-refractivity contribution >= 4 is 6.29 Å². The van der Waals surface area contributed by atoms with Crippen molar-refractivity contribution in [3.8, 4) is 0 Å². The molecule has 0 heterocycles. The number of aliphatic hydroxyl groups is 1. The highest BCUT2D eigenvalue weighted by atomic mass is 19.3. The molecule has 1 saturated carbocycles. The smallest absolute Gasteiger partial charge is 0.251 e. The van der Waals surface area contributed by atoms with E-state index in [1.54, 1.807) is 0 Å². The van der Waals surface area contributed by atoms with Gasteiger partial charge < -0.3 is 9.90 Å². The van der Waals surface area contributed by atoms with Gasteiger partial charge in [0.1, 0.15) is 6.29 Å². The van der Waals surface area contributed by atoms with Crippen molar-refractivity contribution < 1.29 is 18.7 Å². The molecule has 1 N–H and O–H groups in total. The first kappa shape index (κ1) is 15.5. The topological polar surface area (TPSA) is 40.5 Å². The van der Waals surface area contributed by atoms with Crippen LogP contribution in [0.4, 0.5) is 8.78 Å². The number of carbonyl (C=O) groups excluding carboxylic acids is 1. The normalized spacial score (nSPS) is 28.9. The zero-order valence-corrected chi connectivity index (χ0v) is 10.9. The molecular weight excluding hydrogens is 240 g/mol. The molecule has 0 aromatic rings. The molecule has 0 saturated heterocycles. The van der Waals surface area contributed by atoms with Crippen LogP contribution in [0.2, 0.25) is 0 Å². The first-order valence-electron chi connectivity index (χ1n) is 6.59. The summed E-state index contributed by atoms with van der Waals surface area (Å²) in [6.07, 6.45) is 2.12. The Hall–Kier alpha value is -0.550. The summed E-state index contributed by atoms with van der Waals surface area (Å²) in [7, 11) is 0. The van der Waals surface area contributed by atoms with Crippen LogP contribution in [0.5, 0.6) is 0 Å². The van der Waals surface area contributed by atoms with E-state index in [0.29, 0.717) is 12.5 Å². The number of alkyl halides is 2. The second-order valence-electron chi connectivity index (χ2n) is 5.53. The summed E-state index contributed by atoms with van der Waals surface area (Å²) in [6.45, 7) is 2.11. The van der Waals surface area contributed by atoms with Crippen LogP contribution in [0, 0.1) is 11.3 Å². The van der Waals surface area contributed by atoms with Gasteiger partial charge >= 0.3 is 0 Å². The van der Waals surface area contributed by atoms with Gasteiger partial charge in [-0.1, -0.05) is 19.8 Å². The molecule has 2 atom stereocenters. The van der Waals surface area contributed by atoms with Crippen molar-refractivity contribution in [3.05, 3.63) is 0 Å². The lowest BCUT2D eigenvalue weighted by molar-refractivity contribution is -0.120. The van der Waals surface area contributed by atoms with Gasteiger partial charge in [0.05, 0.1) is 13.2 Å². The minimum atomic E-state index is -2.43. The number of rotatable bonds is 7. The Labute approximate surface area is 107 Å². The van der Waals surface area contributed by atoms with Gasteiger partial charge in [-0.3, -0.25) is 4.90 Å². The van der Waals surface area contributed by atoms with Crippen molar-refractivity contribution in [1.29, 1.82) is 0 Å². The van der Waals surface area contributed by atoms with E-state index in [4.69, 9.17) is 5.11 Å². The molecule has 18 heavy (non-hydrogen) atoms. The molecule has 0 spiro atoms. The molecule has 1 fully saturated rings. The maximum atomic E-state index is 12.5. The Morgan fingerprint density at radius 2 is 2.28 bits per heavy atom. The van der Waals surface area contributed by atoms with E-state index in [0.717, 1.165) is 32.0 Å². The van der Waals surface area contributed by atoms with Crippen LogP contribution in [0.1, 0.15) is 32.6 Å². The zero-order valence-electron chi connectivity index (χ0n) is 10.9. The predicted molar refractivity (Wildman–Crippen MR) is 65.7 cm³/mol. The van der Waals surface area contributed by atoms with Gasteiger partial charge in [0.2, 0.25) is 0 Å². The van der Waals surface area contributed by atoms with Crippen LogP contribution >= 0.6 is 0 Å². The summed E-state index contributed by atoms with van der Waals surface area (Å²) in [5.74, 6) is 0.464. The third-order valence-electron chi connectivity index (χ3n) is 3.73.